The zero-order valence-electron chi connectivity index (χ0n) is 11.3. The minimum absolute atomic E-state index is 0.103. The van der Waals surface area contributed by atoms with Gasteiger partial charge in [-0.15, -0.1) is 11.8 Å². The van der Waals surface area contributed by atoms with E-state index in [1.54, 1.807) is 6.07 Å². The molecular formula is C14H20N2O2S. The summed E-state index contributed by atoms with van der Waals surface area (Å²) < 4.78 is 0. The summed E-state index contributed by atoms with van der Waals surface area (Å²) in [6, 6.07) is 7.24. The summed E-state index contributed by atoms with van der Waals surface area (Å²) in [6.07, 6.45) is 0.947. The summed E-state index contributed by atoms with van der Waals surface area (Å²) in [7, 11) is 0. The second kappa shape index (κ2) is 7.84. The summed E-state index contributed by atoms with van der Waals surface area (Å²) in [5.41, 5.74) is 5.71. The Hall–Kier alpha value is -1.49. The molecule has 5 heteroatoms. The number of nitrogens with one attached hydrogen (secondary N) is 1. The first kappa shape index (κ1) is 15.6. The summed E-state index contributed by atoms with van der Waals surface area (Å²) >= 11 is 1.29. The first-order valence-corrected chi connectivity index (χ1v) is 7.27. The minimum Gasteiger partial charge on any atom is -0.369 e. The van der Waals surface area contributed by atoms with Gasteiger partial charge in [-0.25, -0.2) is 0 Å². The number of thioether (sulfide) groups is 1. The first-order valence-electron chi connectivity index (χ1n) is 6.29. The number of benzene rings is 1. The third-order valence-corrected chi connectivity index (χ3v) is 3.60. The molecule has 1 rings (SSSR count). The van der Waals surface area contributed by atoms with Gasteiger partial charge in [0.1, 0.15) is 0 Å². The summed E-state index contributed by atoms with van der Waals surface area (Å²) in [4.78, 5) is 23.6. The highest BCUT2D eigenvalue weighted by Crippen LogP contribution is 2.22. The van der Waals surface area contributed by atoms with E-state index in [0.717, 1.165) is 11.3 Å². The highest BCUT2D eigenvalue weighted by Gasteiger charge is 2.11. The van der Waals surface area contributed by atoms with Crippen LogP contribution in [-0.4, -0.2) is 24.1 Å². The number of nitrogens with two attached hydrogens (primary N) is 1. The third kappa shape index (κ3) is 5.79. The van der Waals surface area contributed by atoms with Crippen LogP contribution in [0.3, 0.4) is 0 Å². The normalized spacial score (nSPS) is 10.5. The maximum atomic E-state index is 12.1. The largest absolute Gasteiger partial charge is 0.369 e. The fraction of sp³-hybridized carbons (Fsp3) is 0.429. The summed E-state index contributed by atoms with van der Waals surface area (Å²) in [5.74, 6) is 0.240. The molecule has 1 aromatic carbocycles. The lowest BCUT2D eigenvalue weighted by Gasteiger charge is -2.10. The fourth-order valence-corrected chi connectivity index (χ4v) is 2.29. The van der Waals surface area contributed by atoms with Gasteiger partial charge in [0.2, 0.25) is 5.91 Å². The molecule has 1 aromatic rings. The number of carbonyl (C=O) groups is 2. The molecule has 0 bridgehead atoms. The van der Waals surface area contributed by atoms with Crippen LogP contribution in [0.4, 0.5) is 0 Å². The van der Waals surface area contributed by atoms with E-state index in [0.29, 0.717) is 18.0 Å². The second-order valence-corrected chi connectivity index (χ2v) is 5.71. The summed E-state index contributed by atoms with van der Waals surface area (Å²) in [5, 5.41) is 2.89. The molecule has 0 aliphatic carbocycles. The van der Waals surface area contributed by atoms with E-state index in [9.17, 15) is 9.59 Å². The van der Waals surface area contributed by atoms with Crippen LogP contribution in [0, 0.1) is 5.92 Å². The minimum atomic E-state index is -0.389. The van der Waals surface area contributed by atoms with Crippen molar-refractivity contribution in [3.8, 4) is 0 Å². The smallest absolute Gasteiger partial charge is 0.252 e. The van der Waals surface area contributed by atoms with E-state index in [1.807, 2.05) is 18.2 Å². The van der Waals surface area contributed by atoms with E-state index in [4.69, 9.17) is 5.73 Å². The van der Waals surface area contributed by atoms with Crippen molar-refractivity contribution in [2.75, 3.05) is 12.3 Å². The Morgan fingerprint density at radius 2 is 2.00 bits per heavy atom. The molecule has 0 unspecified atom stereocenters. The van der Waals surface area contributed by atoms with Gasteiger partial charge in [-0.2, -0.15) is 0 Å². The molecule has 0 radical (unpaired) electrons. The Balaban J connectivity index is 2.65. The van der Waals surface area contributed by atoms with Crippen LogP contribution in [0.25, 0.3) is 0 Å². The van der Waals surface area contributed by atoms with Crippen LogP contribution in [-0.2, 0) is 4.79 Å². The van der Waals surface area contributed by atoms with Crippen LogP contribution in [0.2, 0.25) is 0 Å². The number of hydrogen-bond acceptors (Lipinski definition) is 3. The third-order valence-electron chi connectivity index (χ3n) is 2.51. The molecule has 19 heavy (non-hydrogen) atoms. The average Bonchev–Trinajstić information content (AvgIpc) is 2.36. The predicted octanol–water partition coefficient (Wildman–Crippen LogP) is 2.04. The van der Waals surface area contributed by atoms with E-state index in [2.05, 4.69) is 19.2 Å². The maximum absolute atomic E-state index is 12.1. The van der Waals surface area contributed by atoms with Crippen molar-refractivity contribution in [2.45, 2.75) is 25.2 Å². The summed E-state index contributed by atoms with van der Waals surface area (Å²) in [6.45, 7) is 4.89. The van der Waals surface area contributed by atoms with Gasteiger partial charge in [-0.3, -0.25) is 9.59 Å². The molecule has 0 saturated heterocycles. The molecule has 4 nitrogen and oxygen atoms in total. The number of hydrogen-bond donors (Lipinski definition) is 2. The topological polar surface area (TPSA) is 72.2 Å². The van der Waals surface area contributed by atoms with Gasteiger partial charge in [-0.05, 0) is 24.5 Å². The van der Waals surface area contributed by atoms with Crippen LogP contribution in [0.5, 0.6) is 0 Å². The van der Waals surface area contributed by atoms with E-state index in [-0.39, 0.29) is 17.6 Å². The molecule has 2 amide bonds. The van der Waals surface area contributed by atoms with Crippen molar-refractivity contribution >= 4 is 23.6 Å². The van der Waals surface area contributed by atoms with E-state index < -0.39 is 0 Å². The van der Waals surface area contributed by atoms with E-state index >= 15 is 0 Å². The molecule has 0 aromatic heterocycles. The number of primary amides is 1. The molecule has 104 valence electrons. The van der Waals surface area contributed by atoms with Crippen LogP contribution in [0.15, 0.2) is 29.2 Å². The lowest BCUT2D eigenvalue weighted by molar-refractivity contribution is -0.115. The molecule has 0 heterocycles. The highest BCUT2D eigenvalue weighted by atomic mass is 32.2. The second-order valence-electron chi connectivity index (χ2n) is 4.69. The standard InChI is InChI=1S/C14H20N2O2S/c1-10(2)7-8-16-14(18)11-5-3-4-6-12(11)19-9-13(15)17/h3-6,10H,7-9H2,1-2H3,(H2,15,17)(H,16,18). The Labute approximate surface area is 118 Å². The SMILES string of the molecule is CC(C)CCNC(=O)c1ccccc1SCC(N)=O. The van der Waals surface area contributed by atoms with Crippen LogP contribution < -0.4 is 11.1 Å². The van der Waals surface area contributed by atoms with Gasteiger partial charge in [0.05, 0.1) is 11.3 Å². The van der Waals surface area contributed by atoms with Crippen molar-refractivity contribution in [3.63, 3.8) is 0 Å². The lowest BCUT2D eigenvalue weighted by atomic mass is 10.1. The molecular weight excluding hydrogens is 260 g/mol. The number of carbonyl (C=O) groups excluding carboxylic acids is 2. The average molecular weight is 280 g/mol. The zero-order chi connectivity index (χ0) is 14.3. The monoisotopic (exact) mass is 280 g/mol. The van der Waals surface area contributed by atoms with Crippen molar-refractivity contribution in [1.29, 1.82) is 0 Å². The molecule has 3 N–H and O–H groups in total. The molecule has 0 atom stereocenters. The van der Waals surface area contributed by atoms with Gasteiger partial charge in [0.25, 0.3) is 5.91 Å². The fourth-order valence-electron chi connectivity index (χ4n) is 1.50. The van der Waals surface area contributed by atoms with Crippen LogP contribution >= 0.6 is 11.8 Å². The molecule has 0 spiro atoms. The number of amides is 2. The van der Waals surface area contributed by atoms with Gasteiger partial charge in [0, 0.05) is 11.4 Å². The Bertz CT molecular complexity index is 447. The van der Waals surface area contributed by atoms with Crippen molar-refractivity contribution in [3.05, 3.63) is 29.8 Å². The lowest BCUT2D eigenvalue weighted by Crippen LogP contribution is -2.26. The highest BCUT2D eigenvalue weighted by molar-refractivity contribution is 8.00. The van der Waals surface area contributed by atoms with Crippen molar-refractivity contribution in [2.24, 2.45) is 11.7 Å². The van der Waals surface area contributed by atoms with Gasteiger partial charge < -0.3 is 11.1 Å². The first-order chi connectivity index (χ1) is 9.00. The van der Waals surface area contributed by atoms with Gasteiger partial charge in [-0.1, -0.05) is 26.0 Å². The predicted molar refractivity (Wildman–Crippen MR) is 78.1 cm³/mol. The van der Waals surface area contributed by atoms with E-state index in [1.165, 1.54) is 11.8 Å². The molecule has 0 aliphatic rings. The quantitative estimate of drug-likeness (QED) is 0.751. The maximum Gasteiger partial charge on any atom is 0.252 e. The molecule has 0 aliphatic heterocycles. The Morgan fingerprint density at radius 1 is 1.32 bits per heavy atom. The van der Waals surface area contributed by atoms with Gasteiger partial charge >= 0.3 is 0 Å². The Kier molecular flexibility index (Phi) is 6.42. The molecule has 0 saturated carbocycles. The van der Waals surface area contributed by atoms with Crippen molar-refractivity contribution in [1.82, 2.24) is 5.32 Å². The van der Waals surface area contributed by atoms with Crippen LogP contribution in [0.1, 0.15) is 30.6 Å². The molecule has 0 fully saturated rings. The zero-order valence-corrected chi connectivity index (χ0v) is 12.1. The van der Waals surface area contributed by atoms with Crippen molar-refractivity contribution < 1.29 is 9.59 Å². The van der Waals surface area contributed by atoms with Gasteiger partial charge in [0.15, 0.2) is 0 Å². The number of rotatable bonds is 7. The Morgan fingerprint density at radius 3 is 2.63 bits per heavy atom.